The van der Waals surface area contributed by atoms with E-state index in [9.17, 15) is 19.1 Å². The number of methoxy groups -OCH3 is 1. The average molecular weight is 464 g/mol. The number of ether oxygens (including phenoxy) is 1. The van der Waals surface area contributed by atoms with E-state index in [1.807, 2.05) is 18.8 Å². The molecule has 9 heteroatoms. The Morgan fingerprint density at radius 1 is 1.19 bits per heavy atom. The maximum absolute atomic E-state index is 14.6. The molecule has 3 N–H and O–H groups in total. The SMILES string of the molecule is COc1ccc([C@@H](NC(=O)N2CC[C@H](O)C2)C(=O)Nc2ccc(S(C)(C)C)c(F)c2)cc1. The van der Waals surface area contributed by atoms with Gasteiger partial charge in [0.05, 0.1) is 13.2 Å². The van der Waals surface area contributed by atoms with Crippen molar-refractivity contribution < 1.29 is 23.8 Å². The van der Waals surface area contributed by atoms with Gasteiger partial charge in [0.15, 0.2) is 0 Å². The van der Waals surface area contributed by atoms with Crippen LogP contribution >= 0.6 is 10.0 Å². The molecule has 0 radical (unpaired) electrons. The van der Waals surface area contributed by atoms with E-state index < -0.39 is 34.1 Å². The maximum Gasteiger partial charge on any atom is 0.318 e. The van der Waals surface area contributed by atoms with Crippen LogP contribution in [-0.4, -0.2) is 67.0 Å². The average Bonchev–Trinajstić information content (AvgIpc) is 3.17. The van der Waals surface area contributed by atoms with Gasteiger partial charge in [0, 0.05) is 23.7 Å². The van der Waals surface area contributed by atoms with Gasteiger partial charge in [-0.2, -0.15) is 0 Å². The summed E-state index contributed by atoms with van der Waals surface area (Å²) in [7, 11) is 0.282. The number of anilines is 1. The fraction of sp³-hybridized carbons (Fsp3) is 0.391. The van der Waals surface area contributed by atoms with Gasteiger partial charge in [-0.05, 0) is 61.1 Å². The molecule has 3 rings (SSSR count). The number of likely N-dealkylation sites (tertiary alicyclic amines) is 1. The van der Waals surface area contributed by atoms with Gasteiger partial charge in [-0.1, -0.05) is 12.1 Å². The van der Waals surface area contributed by atoms with Crippen LogP contribution in [-0.2, 0) is 4.79 Å². The first-order valence-electron chi connectivity index (χ1n) is 10.2. The monoisotopic (exact) mass is 463 g/mol. The minimum atomic E-state index is -1.26. The number of urea groups is 1. The van der Waals surface area contributed by atoms with E-state index in [0.29, 0.717) is 34.9 Å². The van der Waals surface area contributed by atoms with Gasteiger partial charge in [-0.3, -0.25) is 4.79 Å². The summed E-state index contributed by atoms with van der Waals surface area (Å²) in [6.45, 7) is 0.621. The van der Waals surface area contributed by atoms with Crippen molar-refractivity contribution in [2.45, 2.75) is 23.5 Å². The van der Waals surface area contributed by atoms with Crippen LogP contribution < -0.4 is 15.4 Å². The van der Waals surface area contributed by atoms with E-state index in [1.165, 1.54) is 18.1 Å². The number of aliphatic hydroxyl groups excluding tert-OH is 1. The fourth-order valence-electron chi connectivity index (χ4n) is 3.53. The lowest BCUT2D eigenvalue weighted by molar-refractivity contribution is -0.118. The molecule has 2 atom stereocenters. The van der Waals surface area contributed by atoms with Crippen molar-refractivity contribution in [2.24, 2.45) is 0 Å². The number of hydrogen-bond acceptors (Lipinski definition) is 4. The molecule has 1 fully saturated rings. The number of carbonyl (C=O) groups is 2. The molecule has 2 aromatic rings. The number of β-amino-alcohol motifs (C(OH)–C–C–N with tert-alkyl or cyclic N) is 1. The molecular weight excluding hydrogens is 433 g/mol. The highest BCUT2D eigenvalue weighted by atomic mass is 32.3. The Kier molecular flexibility index (Phi) is 7.30. The summed E-state index contributed by atoms with van der Waals surface area (Å²) in [5.41, 5.74) is 0.858. The highest BCUT2D eigenvalue weighted by molar-refractivity contribution is 8.32. The van der Waals surface area contributed by atoms with Gasteiger partial charge in [0.2, 0.25) is 0 Å². The Hall–Kier alpha value is -2.78. The van der Waals surface area contributed by atoms with Crippen molar-refractivity contribution in [3.05, 3.63) is 53.8 Å². The van der Waals surface area contributed by atoms with Crippen LogP contribution in [0.15, 0.2) is 47.4 Å². The molecule has 0 aliphatic carbocycles. The Morgan fingerprint density at radius 3 is 2.41 bits per heavy atom. The third kappa shape index (κ3) is 5.72. The lowest BCUT2D eigenvalue weighted by atomic mass is 10.1. The number of aliphatic hydroxyl groups is 1. The van der Waals surface area contributed by atoms with Gasteiger partial charge in [-0.25, -0.2) is 19.2 Å². The largest absolute Gasteiger partial charge is 0.497 e. The summed E-state index contributed by atoms with van der Waals surface area (Å²) >= 11 is 0. The molecule has 0 saturated carbocycles. The molecule has 1 aliphatic heterocycles. The minimum absolute atomic E-state index is 0.213. The summed E-state index contributed by atoms with van der Waals surface area (Å²) in [6.07, 6.45) is 5.91. The normalized spacial score (nSPS) is 17.6. The molecular formula is C23H30FN3O4S. The lowest BCUT2D eigenvalue weighted by Gasteiger charge is -2.27. The maximum atomic E-state index is 14.6. The molecule has 0 bridgehead atoms. The second-order valence-corrected chi connectivity index (χ2v) is 12.6. The topological polar surface area (TPSA) is 90.9 Å². The van der Waals surface area contributed by atoms with Gasteiger partial charge < -0.3 is 25.4 Å². The number of hydrogen-bond donors (Lipinski definition) is 3. The van der Waals surface area contributed by atoms with Crippen LogP contribution in [0.4, 0.5) is 14.9 Å². The Balaban J connectivity index is 1.82. The molecule has 0 aromatic heterocycles. The third-order valence-corrected chi connectivity index (χ3v) is 6.94. The fourth-order valence-corrected chi connectivity index (χ4v) is 4.65. The van der Waals surface area contributed by atoms with E-state index in [0.717, 1.165) is 0 Å². The predicted molar refractivity (Wildman–Crippen MR) is 125 cm³/mol. The van der Waals surface area contributed by atoms with Crippen molar-refractivity contribution in [1.29, 1.82) is 0 Å². The van der Waals surface area contributed by atoms with Crippen LogP contribution in [0.25, 0.3) is 0 Å². The standard InChI is InChI=1S/C23H30FN3O4S/c1-31-18-8-5-15(6-9-18)21(26-23(30)27-12-11-17(28)14-27)22(29)25-16-7-10-20(19(24)13-16)32(2,3)4/h5-10,13,17,21,28H,11-12,14H2,1-4H3,(H,25,29)(H,26,30)/t17-,21+/m0/s1. The Labute approximate surface area is 189 Å². The highest BCUT2D eigenvalue weighted by Gasteiger charge is 2.29. The molecule has 0 unspecified atom stereocenters. The zero-order chi connectivity index (χ0) is 23.5. The zero-order valence-corrected chi connectivity index (χ0v) is 19.5. The number of nitrogens with zero attached hydrogens (tertiary/aromatic N) is 1. The van der Waals surface area contributed by atoms with Crippen molar-refractivity contribution in [3.8, 4) is 5.75 Å². The molecule has 1 saturated heterocycles. The molecule has 0 spiro atoms. The van der Waals surface area contributed by atoms with E-state index in [2.05, 4.69) is 10.6 Å². The van der Waals surface area contributed by atoms with E-state index in [-0.39, 0.29) is 12.4 Å². The predicted octanol–water partition coefficient (Wildman–Crippen LogP) is 3.34. The Bertz CT molecular complexity index is 978. The first kappa shape index (κ1) is 23.9. The Morgan fingerprint density at radius 2 is 1.88 bits per heavy atom. The number of carbonyl (C=O) groups excluding carboxylic acids is 2. The zero-order valence-electron chi connectivity index (χ0n) is 18.7. The van der Waals surface area contributed by atoms with Crippen molar-refractivity contribution in [2.75, 3.05) is 44.3 Å². The van der Waals surface area contributed by atoms with Crippen molar-refractivity contribution in [3.63, 3.8) is 0 Å². The highest BCUT2D eigenvalue weighted by Crippen LogP contribution is 2.46. The van der Waals surface area contributed by atoms with Crippen LogP contribution in [0, 0.1) is 5.82 Å². The van der Waals surface area contributed by atoms with Crippen molar-refractivity contribution in [1.82, 2.24) is 10.2 Å². The quantitative estimate of drug-likeness (QED) is 0.613. The number of halogens is 1. The summed E-state index contributed by atoms with van der Waals surface area (Å²) in [6, 6.07) is 9.96. The number of rotatable bonds is 6. The van der Waals surface area contributed by atoms with Crippen LogP contribution in [0.2, 0.25) is 0 Å². The van der Waals surface area contributed by atoms with Gasteiger partial charge in [-0.15, -0.1) is 0 Å². The first-order valence-corrected chi connectivity index (χ1v) is 13.1. The minimum Gasteiger partial charge on any atom is -0.497 e. The van der Waals surface area contributed by atoms with E-state index >= 15 is 0 Å². The van der Waals surface area contributed by atoms with E-state index in [1.54, 1.807) is 36.4 Å². The molecule has 1 heterocycles. The smallest absolute Gasteiger partial charge is 0.318 e. The van der Waals surface area contributed by atoms with Gasteiger partial charge in [0.25, 0.3) is 5.91 Å². The molecule has 3 amide bonds. The molecule has 2 aromatic carbocycles. The summed E-state index contributed by atoms with van der Waals surface area (Å²) < 4.78 is 19.8. The second kappa shape index (κ2) is 9.79. The third-order valence-electron chi connectivity index (χ3n) is 5.29. The number of benzene rings is 2. The second-order valence-electron chi connectivity index (χ2n) is 8.52. The first-order chi connectivity index (χ1) is 15.1. The van der Waals surface area contributed by atoms with Crippen LogP contribution in [0.5, 0.6) is 5.75 Å². The van der Waals surface area contributed by atoms with Crippen LogP contribution in [0.3, 0.4) is 0 Å². The molecule has 32 heavy (non-hydrogen) atoms. The van der Waals surface area contributed by atoms with Crippen LogP contribution in [0.1, 0.15) is 18.0 Å². The van der Waals surface area contributed by atoms with Crippen molar-refractivity contribution >= 4 is 27.7 Å². The van der Waals surface area contributed by atoms with Gasteiger partial charge in [0.1, 0.15) is 17.6 Å². The van der Waals surface area contributed by atoms with Gasteiger partial charge >= 0.3 is 6.03 Å². The molecule has 174 valence electrons. The van der Waals surface area contributed by atoms with E-state index in [4.69, 9.17) is 4.74 Å². The number of amides is 3. The number of nitrogens with one attached hydrogen (secondary N) is 2. The lowest BCUT2D eigenvalue weighted by Crippen LogP contribution is -2.44. The summed E-state index contributed by atoms with van der Waals surface area (Å²) in [5, 5.41) is 15.2. The molecule has 7 nitrogen and oxygen atoms in total. The summed E-state index contributed by atoms with van der Waals surface area (Å²) in [4.78, 5) is 27.9. The summed E-state index contributed by atoms with van der Waals surface area (Å²) in [5.74, 6) is -0.260. The molecule has 1 aliphatic rings.